The molecule has 0 fully saturated rings. The van der Waals surface area contributed by atoms with Crippen molar-refractivity contribution < 1.29 is 5.11 Å². The summed E-state index contributed by atoms with van der Waals surface area (Å²) in [6.45, 7) is 12.8. The van der Waals surface area contributed by atoms with Crippen LogP contribution in [0.4, 0.5) is 0 Å². The van der Waals surface area contributed by atoms with Gasteiger partial charge in [-0.15, -0.1) is 0 Å². The van der Waals surface area contributed by atoms with Gasteiger partial charge in [0.15, 0.2) is 0 Å². The number of aryl methyl sites for hydroxylation is 3. The monoisotopic (exact) mass is 341 g/mol. The summed E-state index contributed by atoms with van der Waals surface area (Å²) in [6.07, 6.45) is 2.47. The fourth-order valence-electron chi connectivity index (χ4n) is 2.97. The number of rotatable bonds is 7. The fraction of sp³-hybridized carbons (Fsp3) is 0.571. The van der Waals surface area contributed by atoms with Crippen LogP contribution in [0, 0.1) is 12.8 Å². The molecule has 0 saturated heterocycles. The second kappa shape index (κ2) is 8.52. The standard InChI is InChI=1S/C21H31N3O/c1-7-17-16(9-10-19(23-17)13(3)4)21-18(8-2)24-20(15(6)22-21)11-14(5)12-25/h9-10,13-14,25H,7-8,11-12H2,1-6H3. The molecule has 1 unspecified atom stereocenters. The van der Waals surface area contributed by atoms with Crippen LogP contribution in [0.1, 0.15) is 69.0 Å². The number of pyridine rings is 1. The van der Waals surface area contributed by atoms with E-state index in [1.165, 1.54) is 0 Å². The highest BCUT2D eigenvalue weighted by Crippen LogP contribution is 2.28. The van der Waals surface area contributed by atoms with Crippen LogP contribution >= 0.6 is 0 Å². The molecule has 0 radical (unpaired) electrons. The molecule has 1 atom stereocenters. The Morgan fingerprint density at radius 1 is 0.920 bits per heavy atom. The van der Waals surface area contributed by atoms with Crippen molar-refractivity contribution in [1.29, 1.82) is 0 Å². The van der Waals surface area contributed by atoms with E-state index in [9.17, 15) is 5.11 Å². The van der Waals surface area contributed by atoms with Gasteiger partial charge in [0.2, 0.25) is 0 Å². The van der Waals surface area contributed by atoms with E-state index in [2.05, 4.69) is 39.8 Å². The van der Waals surface area contributed by atoms with Crippen molar-refractivity contribution >= 4 is 0 Å². The van der Waals surface area contributed by atoms with E-state index in [-0.39, 0.29) is 12.5 Å². The first kappa shape index (κ1) is 19.5. The molecule has 25 heavy (non-hydrogen) atoms. The summed E-state index contributed by atoms with van der Waals surface area (Å²) in [5.41, 5.74) is 7.22. The largest absolute Gasteiger partial charge is 0.396 e. The number of aliphatic hydroxyl groups excluding tert-OH is 1. The first-order valence-corrected chi connectivity index (χ1v) is 9.38. The zero-order chi connectivity index (χ0) is 18.6. The molecule has 0 aliphatic rings. The molecule has 1 N–H and O–H groups in total. The molecule has 0 aromatic carbocycles. The zero-order valence-corrected chi connectivity index (χ0v) is 16.4. The molecule has 2 rings (SSSR count). The van der Waals surface area contributed by atoms with Crippen LogP contribution in [0.5, 0.6) is 0 Å². The second-order valence-corrected chi connectivity index (χ2v) is 7.14. The lowest BCUT2D eigenvalue weighted by Crippen LogP contribution is -2.12. The number of hydrogen-bond acceptors (Lipinski definition) is 4. The zero-order valence-electron chi connectivity index (χ0n) is 16.4. The predicted molar refractivity (Wildman–Crippen MR) is 103 cm³/mol. The first-order valence-electron chi connectivity index (χ1n) is 9.38. The number of aliphatic hydroxyl groups is 1. The smallest absolute Gasteiger partial charge is 0.0938 e. The highest BCUT2D eigenvalue weighted by atomic mass is 16.3. The SMILES string of the molecule is CCc1nc(C(C)C)ccc1-c1nc(C)c(CC(C)CO)nc1CC. The molecule has 0 aliphatic carbocycles. The average molecular weight is 341 g/mol. The van der Waals surface area contributed by atoms with Gasteiger partial charge in [-0.25, -0.2) is 4.98 Å². The van der Waals surface area contributed by atoms with Gasteiger partial charge in [-0.1, -0.05) is 34.6 Å². The molecule has 2 aromatic heterocycles. The Kier molecular flexibility index (Phi) is 6.65. The van der Waals surface area contributed by atoms with Gasteiger partial charge in [0.1, 0.15) is 0 Å². The molecular formula is C21H31N3O. The highest BCUT2D eigenvalue weighted by molar-refractivity contribution is 5.65. The maximum atomic E-state index is 9.33. The van der Waals surface area contributed by atoms with E-state index in [1.807, 2.05) is 13.8 Å². The van der Waals surface area contributed by atoms with Gasteiger partial charge in [-0.3, -0.25) is 9.97 Å². The summed E-state index contributed by atoms with van der Waals surface area (Å²) in [6, 6.07) is 4.26. The van der Waals surface area contributed by atoms with Crippen LogP contribution in [0.15, 0.2) is 12.1 Å². The quantitative estimate of drug-likeness (QED) is 0.817. The van der Waals surface area contributed by atoms with Gasteiger partial charge in [0.05, 0.1) is 22.8 Å². The van der Waals surface area contributed by atoms with Gasteiger partial charge in [-0.05, 0) is 50.2 Å². The summed E-state index contributed by atoms with van der Waals surface area (Å²) in [5, 5.41) is 9.33. The number of nitrogens with zero attached hydrogens (tertiary/aromatic N) is 3. The lowest BCUT2D eigenvalue weighted by molar-refractivity contribution is 0.236. The first-order chi connectivity index (χ1) is 11.9. The summed E-state index contributed by atoms with van der Waals surface area (Å²) in [4.78, 5) is 14.6. The Bertz CT molecular complexity index is 725. The van der Waals surface area contributed by atoms with Crippen molar-refractivity contribution in [2.24, 2.45) is 5.92 Å². The molecule has 136 valence electrons. The summed E-state index contributed by atoms with van der Waals surface area (Å²) in [5.74, 6) is 0.613. The molecule has 2 heterocycles. The highest BCUT2D eigenvalue weighted by Gasteiger charge is 2.17. The minimum Gasteiger partial charge on any atom is -0.396 e. The van der Waals surface area contributed by atoms with Crippen molar-refractivity contribution in [1.82, 2.24) is 15.0 Å². The minimum absolute atomic E-state index is 0.172. The second-order valence-electron chi connectivity index (χ2n) is 7.14. The minimum atomic E-state index is 0.172. The van der Waals surface area contributed by atoms with E-state index >= 15 is 0 Å². The van der Waals surface area contributed by atoms with Crippen LogP contribution in [0.2, 0.25) is 0 Å². The molecule has 0 bridgehead atoms. The Morgan fingerprint density at radius 2 is 1.60 bits per heavy atom. The number of aromatic nitrogens is 3. The van der Waals surface area contributed by atoms with E-state index in [0.29, 0.717) is 5.92 Å². The molecule has 4 heteroatoms. The third-order valence-electron chi connectivity index (χ3n) is 4.61. The van der Waals surface area contributed by atoms with E-state index in [4.69, 9.17) is 15.0 Å². The normalized spacial score (nSPS) is 12.6. The lowest BCUT2D eigenvalue weighted by Gasteiger charge is -2.16. The number of hydrogen-bond donors (Lipinski definition) is 1. The van der Waals surface area contributed by atoms with E-state index in [0.717, 1.165) is 59.0 Å². The Hall–Kier alpha value is -1.81. The molecule has 0 amide bonds. The van der Waals surface area contributed by atoms with Gasteiger partial charge in [0, 0.05) is 23.6 Å². The predicted octanol–water partition coefficient (Wildman–Crippen LogP) is 4.27. The third kappa shape index (κ3) is 4.43. The van der Waals surface area contributed by atoms with Crippen LogP contribution in [-0.2, 0) is 19.3 Å². The Labute approximate surface area is 151 Å². The molecule has 0 saturated carbocycles. The van der Waals surface area contributed by atoms with Crippen molar-refractivity contribution in [3.8, 4) is 11.3 Å². The van der Waals surface area contributed by atoms with Crippen molar-refractivity contribution in [3.63, 3.8) is 0 Å². The molecule has 0 aliphatic heterocycles. The third-order valence-corrected chi connectivity index (χ3v) is 4.61. The van der Waals surface area contributed by atoms with Gasteiger partial charge in [0.25, 0.3) is 0 Å². The van der Waals surface area contributed by atoms with Gasteiger partial charge in [-0.2, -0.15) is 0 Å². The maximum absolute atomic E-state index is 9.33. The Morgan fingerprint density at radius 3 is 2.16 bits per heavy atom. The molecular weight excluding hydrogens is 310 g/mol. The fourth-order valence-corrected chi connectivity index (χ4v) is 2.97. The van der Waals surface area contributed by atoms with Crippen LogP contribution < -0.4 is 0 Å². The molecule has 4 nitrogen and oxygen atoms in total. The molecule has 0 spiro atoms. The van der Waals surface area contributed by atoms with E-state index in [1.54, 1.807) is 0 Å². The van der Waals surface area contributed by atoms with Gasteiger partial charge >= 0.3 is 0 Å². The lowest BCUT2D eigenvalue weighted by atomic mass is 10.00. The van der Waals surface area contributed by atoms with Crippen molar-refractivity contribution in [2.45, 2.75) is 66.7 Å². The average Bonchev–Trinajstić information content (AvgIpc) is 2.62. The van der Waals surface area contributed by atoms with Crippen LogP contribution in [-0.4, -0.2) is 26.7 Å². The van der Waals surface area contributed by atoms with Crippen LogP contribution in [0.3, 0.4) is 0 Å². The summed E-state index contributed by atoms with van der Waals surface area (Å²) >= 11 is 0. The summed E-state index contributed by atoms with van der Waals surface area (Å²) < 4.78 is 0. The van der Waals surface area contributed by atoms with E-state index < -0.39 is 0 Å². The topological polar surface area (TPSA) is 58.9 Å². The van der Waals surface area contributed by atoms with Gasteiger partial charge < -0.3 is 5.11 Å². The Balaban J connectivity index is 2.53. The maximum Gasteiger partial charge on any atom is 0.0938 e. The van der Waals surface area contributed by atoms with Crippen molar-refractivity contribution in [2.75, 3.05) is 6.61 Å². The molecule has 2 aromatic rings. The van der Waals surface area contributed by atoms with Crippen LogP contribution in [0.25, 0.3) is 11.3 Å². The summed E-state index contributed by atoms with van der Waals surface area (Å²) in [7, 11) is 0. The van der Waals surface area contributed by atoms with Crippen molar-refractivity contribution in [3.05, 3.63) is 40.6 Å².